The van der Waals surface area contributed by atoms with E-state index < -0.39 is 5.41 Å². The van der Waals surface area contributed by atoms with Gasteiger partial charge in [0, 0.05) is 7.11 Å². The maximum atomic E-state index is 12.7. The van der Waals surface area contributed by atoms with Crippen LogP contribution in [-0.2, 0) is 16.0 Å². The van der Waals surface area contributed by atoms with Gasteiger partial charge in [-0.15, -0.1) is 0 Å². The lowest BCUT2D eigenvalue weighted by Gasteiger charge is -2.35. The summed E-state index contributed by atoms with van der Waals surface area (Å²) in [5.41, 5.74) is 1.04. The Bertz CT molecular complexity index is 491. The first kappa shape index (κ1) is 15.8. The van der Waals surface area contributed by atoms with E-state index >= 15 is 0 Å². The number of phenols is 1. The van der Waals surface area contributed by atoms with Crippen LogP contribution in [0.25, 0.3) is 0 Å². The van der Waals surface area contributed by atoms with E-state index in [1.54, 1.807) is 13.2 Å². The summed E-state index contributed by atoms with van der Waals surface area (Å²) in [6.07, 6.45) is 2.33. The Morgan fingerprint density at radius 3 is 2.76 bits per heavy atom. The smallest absolute Gasteiger partial charge is 0.233 e. The highest BCUT2D eigenvalue weighted by Crippen LogP contribution is 2.33. The molecule has 0 bridgehead atoms. The summed E-state index contributed by atoms with van der Waals surface area (Å²) in [5.74, 6) is 0.0245. The quantitative estimate of drug-likeness (QED) is 0.725. The third-order valence-corrected chi connectivity index (χ3v) is 4.18. The first-order valence-corrected chi connectivity index (χ1v) is 7.44. The molecule has 3 N–H and O–H groups in total. The number of hydrogen-bond donors (Lipinski definition) is 3. The number of nitrogens with one attached hydrogen (secondary N) is 2. The number of anilines is 1. The Labute approximate surface area is 125 Å². The van der Waals surface area contributed by atoms with Crippen LogP contribution in [0.15, 0.2) is 18.2 Å². The van der Waals surface area contributed by atoms with Gasteiger partial charge in [0.05, 0.1) is 17.7 Å². The SMILES string of the molecule is CCc1ccc(O)c(NC(=O)C2(COC)CCNCC2)c1. The van der Waals surface area contributed by atoms with Gasteiger partial charge in [-0.1, -0.05) is 13.0 Å². The molecule has 5 heteroatoms. The van der Waals surface area contributed by atoms with Crippen LogP contribution in [0.2, 0.25) is 0 Å². The Morgan fingerprint density at radius 1 is 1.43 bits per heavy atom. The third kappa shape index (κ3) is 3.54. The molecule has 0 aliphatic carbocycles. The minimum Gasteiger partial charge on any atom is -0.506 e. The second-order valence-electron chi connectivity index (χ2n) is 5.62. The number of methoxy groups -OCH3 is 1. The Balaban J connectivity index is 2.18. The molecule has 1 aromatic rings. The van der Waals surface area contributed by atoms with Crippen LogP contribution in [0.4, 0.5) is 5.69 Å². The van der Waals surface area contributed by atoms with Crippen LogP contribution in [0.1, 0.15) is 25.3 Å². The van der Waals surface area contributed by atoms with Crippen molar-refractivity contribution in [3.8, 4) is 5.75 Å². The second kappa shape index (κ2) is 6.91. The molecule has 2 rings (SSSR count). The summed E-state index contributed by atoms with van der Waals surface area (Å²) in [5, 5.41) is 16.1. The molecule has 21 heavy (non-hydrogen) atoms. The molecule has 1 aliphatic rings. The van der Waals surface area contributed by atoms with Crippen LogP contribution < -0.4 is 10.6 Å². The standard InChI is InChI=1S/C16H24N2O3/c1-3-12-4-5-14(19)13(10-12)18-15(20)16(11-21-2)6-8-17-9-7-16/h4-5,10,17,19H,3,6-9,11H2,1-2H3,(H,18,20). The van der Waals surface area contributed by atoms with Gasteiger partial charge in [-0.3, -0.25) is 4.79 Å². The molecule has 5 nitrogen and oxygen atoms in total. The molecule has 0 spiro atoms. The van der Waals surface area contributed by atoms with Gasteiger partial charge >= 0.3 is 0 Å². The van der Waals surface area contributed by atoms with Gasteiger partial charge < -0.3 is 20.5 Å². The number of carbonyl (C=O) groups excluding carboxylic acids is 1. The first-order chi connectivity index (χ1) is 10.1. The van der Waals surface area contributed by atoms with Gasteiger partial charge in [-0.25, -0.2) is 0 Å². The van der Waals surface area contributed by atoms with Crippen LogP contribution in [0.5, 0.6) is 5.75 Å². The van der Waals surface area contributed by atoms with Crippen LogP contribution >= 0.6 is 0 Å². The number of carbonyl (C=O) groups is 1. The highest BCUT2D eigenvalue weighted by atomic mass is 16.5. The number of ether oxygens (including phenoxy) is 1. The Kier molecular flexibility index (Phi) is 5.20. The van der Waals surface area contributed by atoms with E-state index in [0.29, 0.717) is 12.3 Å². The van der Waals surface area contributed by atoms with Gasteiger partial charge in [0.25, 0.3) is 0 Å². The highest BCUT2D eigenvalue weighted by Gasteiger charge is 2.39. The highest BCUT2D eigenvalue weighted by molar-refractivity contribution is 5.96. The number of aromatic hydroxyl groups is 1. The van der Waals surface area contributed by atoms with E-state index in [1.165, 1.54) is 0 Å². The minimum atomic E-state index is -0.519. The number of piperidine rings is 1. The summed E-state index contributed by atoms with van der Waals surface area (Å²) in [7, 11) is 1.62. The molecule has 1 saturated heterocycles. The van der Waals surface area contributed by atoms with Crippen molar-refractivity contribution in [2.75, 3.05) is 32.1 Å². The maximum absolute atomic E-state index is 12.7. The van der Waals surface area contributed by atoms with Gasteiger partial charge in [0.1, 0.15) is 5.75 Å². The molecule has 0 saturated carbocycles. The third-order valence-electron chi connectivity index (χ3n) is 4.18. The lowest BCUT2D eigenvalue weighted by Crippen LogP contribution is -2.47. The van der Waals surface area contributed by atoms with E-state index in [9.17, 15) is 9.90 Å². The Morgan fingerprint density at radius 2 is 2.14 bits per heavy atom. The van der Waals surface area contributed by atoms with Crippen molar-refractivity contribution < 1.29 is 14.6 Å². The molecule has 1 fully saturated rings. The van der Waals surface area contributed by atoms with Crippen LogP contribution in [-0.4, -0.2) is 37.8 Å². The summed E-state index contributed by atoms with van der Waals surface area (Å²) < 4.78 is 5.27. The van der Waals surface area contributed by atoms with Crippen LogP contribution in [0, 0.1) is 5.41 Å². The molecule has 1 aromatic carbocycles. The van der Waals surface area contributed by atoms with Gasteiger partial charge in [-0.05, 0) is 50.0 Å². The lowest BCUT2D eigenvalue weighted by atomic mass is 9.78. The molecule has 1 amide bonds. The number of rotatable bonds is 5. The van der Waals surface area contributed by atoms with Crippen LogP contribution in [0.3, 0.4) is 0 Å². The van der Waals surface area contributed by atoms with E-state index in [-0.39, 0.29) is 11.7 Å². The summed E-state index contributed by atoms with van der Waals surface area (Å²) >= 11 is 0. The molecular weight excluding hydrogens is 268 g/mol. The molecule has 1 heterocycles. The fourth-order valence-corrected chi connectivity index (χ4v) is 2.78. The minimum absolute atomic E-state index is 0.0746. The predicted molar refractivity (Wildman–Crippen MR) is 82.5 cm³/mol. The molecule has 0 radical (unpaired) electrons. The van der Waals surface area contributed by atoms with Crippen molar-refractivity contribution >= 4 is 11.6 Å². The van der Waals surface area contributed by atoms with Crippen molar-refractivity contribution in [3.05, 3.63) is 23.8 Å². The lowest BCUT2D eigenvalue weighted by molar-refractivity contribution is -0.130. The monoisotopic (exact) mass is 292 g/mol. The zero-order valence-electron chi connectivity index (χ0n) is 12.7. The first-order valence-electron chi connectivity index (χ1n) is 7.44. The molecule has 0 unspecified atom stereocenters. The number of aryl methyl sites for hydroxylation is 1. The number of phenolic OH excluding ortho intramolecular Hbond substituents is 1. The summed E-state index contributed by atoms with van der Waals surface area (Å²) in [6.45, 7) is 4.04. The molecular formula is C16H24N2O3. The molecule has 1 aliphatic heterocycles. The van der Waals surface area contributed by atoms with Crippen molar-refractivity contribution in [1.29, 1.82) is 0 Å². The largest absolute Gasteiger partial charge is 0.506 e. The molecule has 116 valence electrons. The van der Waals surface area contributed by atoms with E-state index in [0.717, 1.165) is 37.9 Å². The van der Waals surface area contributed by atoms with E-state index in [1.807, 2.05) is 19.1 Å². The molecule has 0 atom stereocenters. The zero-order chi connectivity index (χ0) is 15.3. The summed E-state index contributed by atoms with van der Waals surface area (Å²) in [4.78, 5) is 12.7. The zero-order valence-corrected chi connectivity index (χ0v) is 12.7. The number of amides is 1. The van der Waals surface area contributed by atoms with Gasteiger partial charge in [-0.2, -0.15) is 0 Å². The number of benzene rings is 1. The van der Waals surface area contributed by atoms with Crippen molar-refractivity contribution in [3.63, 3.8) is 0 Å². The average molecular weight is 292 g/mol. The fourth-order valence-electron chi connectivity index (χ4n) is 2.78. The van der Waals surface area contributed by atoms with E-state index in [4.69, 9.17) is 4.74 Å². The maximum Gasteiger partial charge on any atom is 0.233 e. The van der Waals surface area contributed by atoms with Crippen molar-refractivity contribution in [1.82, 2.24) is 5.32 Å². The fraction of sp³-hybridized carbons (Fsp3) is 0.562. The Hall–Kier alpha value is -1.59. The predicted octanol–water partition coefficient (Wildman–Crippen LogP) is 1.91. The number of hydrogen-bond acceptors (Lipinski definition) is 4. The average Bonchev–Trinajstić information content (AvgIpc) is 2.50. The van der Waals surface area contributed by atoms with Gasteiger partial charge in [0.2, 0.25) is 5.91 Å². The normalized spacial score (nSPS) is 17.4. The summed E-state index contributed by atoms with van der Waals surface area (Å²) in [6, 6.07) is 5.31. The second-order valence-corrected chi connectivity index (χ2v) is 5.62. The van der Waals surface area contributed by atoms with Gasteiger partial charge in [0.15, 0.2) is 0 Å². The topological polar surface area (TPSA) is 70.6 Å². The van der Waals surface area contributed by atoms with Crippen molar-refractivity contribution in [2.45, 2.75) is 26.2 Å². The van der Waals surface area contributed by atoms with Crippen molar-refractivity contribution in [2.24, 2.45) is 5.41 Å². The van der Waals surface area contributed by atoms with E-state index in [2.05, 4.69) is 10.6 Å². The molecule has 0 aromatic heterocycles.